The first-order valence-electron chi connectivity index (χ1n) is 10.7. The number of ether oxygens (including phenoxy) is 1. The normalized spacial score (nSPS) is 10.9. The molecule has 2 aromatic carbocycles. The summed E-state index contributed by atoms with van der Waals surface area (Å²) in [6.07, 6.45) is 8.83. The fourth-order valence-electron chi connectivity index (χ4n) is 3.90. The molecular formula is C25H21N7O2. The van der Waals surface area contributed by atoms with Gasteiger partial charge in [-0.3, -0.25) is 9.36 Å². The quantitative estimate of drug-likeness (QED) is 0.366. The zero-order valence-electron chi connectivity index (χ0n) is 18.4. The van der Waals surface area contributed by atoms with Gasteiger partial charge in [-0.15, -0.1) is 6.42 Å². The van der Waals surface area contributed by atoms with Gasteiger partial charge >= 0.3 is 0 Å². The first-order valence-corrected chi connectivity index (χ1v) is 10.7. The highest BCUT2D eigenvalue weighted by atomic mass is 16.5. The van der Waals surface area contributed by atoms with E-state index in [1.807, 2.05) is 37.3 Å². The van der Waals surface area contributed by atoms with Crippen LogP contribution >= 0.6 is 0 Å². The lowest BCUT2D eigenvalue weighted by atomic mass is 10.1. The number of aromatic amines is 1. The first kappa shape index (κ1) is 21.2. The van der Waals surface area contributed by atoms with Crippen LogP contribution < -0.4 is 15.6 Å². The lowest BCUT2D eigenvalue weighted by molar-refractivity contribution is 0.370. The summed E-state index contributed by atoms with van der Waals surface area (Å²) in [7, 11) is 0. The van der Waals surface area contributed by atoms with Crippen molar-refractivity contribution in [2.45, 2.75) is 13.3 Å². The van der Waals surface area contributed by atoms with Gasteiger partial charge in [-0.05, 0) is 30.7 Å². The molecule has 0 amide bonds. The van der Waals surface area contributed by atoms with Crippen LogP contribution in [-0.2, 0) is 6.42 Å². The molecule has 5 rings (SSSR count). The van der Waals surface area contributed by atoms with E-state index in [1.165, 1.54) is 6.33 Å². The molecule has 0 fully saturated rings. The van der Waals surface area contributed by atoms with Gasteiger partial charge in [0, 0.05) is 19.0 Å². The molecular weight excluding hydrogens is 430 g/mol. The van der Waals surface area contributed by atoms with Crippen molar-refractivity contribution in [2.24, 2.45) is 0 Å². The van der Waals surface area contributed by atoms with Crippen LogP contribution in [0.25, 0.3) is 27.8 Å². The Balaban J connectivity index is 1.54. The molecule has 0 unspecified atom stereocenters. The average Bonchev–Trinajstić information content (AvgIpc) is 3.33. The molecule has 0 aliphatic rings. The summed E-state index contributed by atoms with van der Waals surface area (Å²) in [4.78, 5) is 34.2. The maximum Gasteiger partial charge on any atom is 0.266 e. The van der Waals surface area contributed by atoms with E-state index in [0.29, 0.717) is 58.1 Å². The van der Waals surface area contributed by atoms with E-state index in [1.54, 1.807) is 23.0 Å². The molecule has 0 saturated carbocycles. The second kappa shape index (κ2) is 9.03. The van der Waals surface area contributed by atoms with Crippen molar-refractivity contribution in [1.29, 1.82) is 0 Å². The number of terminal acetylenes is 1. The van der Waals surface area contributed by atoms with Crippen LogP contribution in [0.3, 0.4) is 0 Å². The molecule has 2 N–H and O–H groups in total. The topological polar surface area (TPSA) is 111 Å². The highest BCUT2D eigenvalue weighted by Crippen LogP contribution is 2.20. The maximum atomic E-state index is 13.7. The van der Waals surface area contributed by atoms with Crippen molar-refractivity contribution in [3.63, 3.8) is 0 Å². The van der Waals surface area contributed by atoms with Crippen LogP contribution in [-0.4, -0.2) is 42.6 Å². The predicted octanol–water partition coefficient (Wildman–Crippen LogP) is 3.03. The summed E-state index contributed by atoms with van der Waals surface area (Å²) < 4.78 is 7.20. The van der Waals surface area contributed by atoms with E-state index in [0.717, 1.165) is 5.56 Å². The van der Waals surface area contributed by atoms with E-state index < -0.39 is 0 Å². The molecule has 168 valence electrons. The Hall–Kier alpha value is -4.71. The van der Waals surface area contributed by atoms with Crippen molar-refractivity contribution < 1.29 is 4.74 Å². The van der Waals surface area contributed by atoms with Gasteiger partial charge in [0.1, 0.15) is 30.0 Å². The lowest BCUT2D eigenvalue weighted by Crippen LogP contribution is -2.26. The largest absolute Gasteiger partial charge is 0.481 e. The molecule has 0 saturated heterocycles. The van der Waals surface area contributed by atoms with Gasteiger partial charge in [0.15, 0.2) is 11.5 Å². The van der Waals surface area contributed by atoms with Crippen LogP contribution in [0.15, 0.2) is 59.9 Å². The number of hydrogen-bond donors (Lipinski definition) is 2. The predicted molar refractivity (Wildman–Crippen MR) is 130 cm³/mol. The number of nitrogens with zero attached hydrogens (tertiary/aromatic N) is 5. The van der Waals surface area contributed by atoms with E-state index in [4.69, 9.17) is 16.1 Å². The summed E-state index contributed by atoms with van der Waals surface area (Å²) in [5.41, 5.74) is 3.36. The van der Waals surface area contributed by atoms with E-state index in [2.05, 4.69) is 31.2 Å². The van der Waals surface area contributed by atoms with Crippen molar-refractivity contribution in [3.8, 4) is 23.8 Å². The highest BCUT2D eigenvalue weighted by molar-refractivity contribution is 5.82. The Bertz CT molecular complexity index is 1600. The number of benzene rings is 2. The summed E-state index contributed by atoms with van der Waals surface area (Å²) in [5.74, 6) is 4.26. The fourth-order valence-corrected chi connectivity index (χ4v) is 3.90. The molecule has 0 aliphatic carbocycles. The minimum Gasteiger partial charge on any atom is -0.481 e. The summed E-state index contributed by atoms with van der Waals surface area (Å²) in [5, 5.41) is 3.87. The molecule has 0 bridgehead atoms. The van der Waals surface area contributed by atoms with Gasteiger partial charge in [-0.25, -0.2) is 19.9 Å². The molecule has 0 aliphatic heterocycles. The van der Waals surface area contributed by atoms with Crippen molar-refractivity contribution >= 4 is 27.9 Å². The molecule has 0 spiro atoms. The molecule has 5 aromatic rings. The Morgan fingerprint density at radius 1 is 1.18 bits per heavy atom. The summed E-state index contributed by atoms with van der Waals surface area (Å²) >= 11 is 0. The third-order valence-electron chi connectivity index (χ3n) is 5.43. The van der Waals surface area contributed by atoms with Gasteiger partial charge in [0.2, 0.25) is 0 Å². The highest BCUT2D eigenvalue weighted by Gasteiger charge is 2.15. The Morgan fingerprint density at radius 2 is 2.06 bits per heavy atom. The lowest BCUT2D eigenvalue weighted by Gasteiger charge is -2.16. The Morgan fingerprint density at radius 3 is 2.94 bits per heavy atom. The van der Waals surface area contributed by atoms with Gasteiger partial charge in [0.05, 0.1) is 22.9 Å². The van der Waals surface area contributed by atoms with Gasteiger partial charge in [-0.1, -0.05) is 24.1 Å². The second-order valence-corrected chi connectivity index (χ2v) is 7.63. The fraction of sp³-hybridized carbons (Fsp3) is 0.160. The van der Waals surface area contributed by atoms with Crippen molar-refractivity contribution in [1.82, 2.24) is 29.5 Å². The number of aromatic nitrogens is 6. The number of imidazole rings is 1. The smallest absolute Gasteiger partial charge is 0.266 e. The number of hydrogen-bond acceptors (Lipinski definition) is 7. The maximum absolute atomic E-state index is 13.7. The second-order valence-electron chi connectivity index (χ2n) is 7.63. The minimum absolute atomic E-state index is 0.135. The average molecular weight is 451 g/mol. The monoisotopic (exact) mass is 451 g/mol. The molecule has 9 heteroatoms. The zero-order chi connectivity index (χ0) is 23.5. The van der Waals surface area contributed by atoms with Crippen LogP contribution in [0.1, 0.15) is 11.4 Å². The Labute approximate surface area is 194 Å². The number of H-pyrrole nitrogens is 1. The third kappa shape index (κ3) is 3.93. The molecule has 3 heterocycles. The number of rotatable bonds is 7. The Kier molecular flexibility index (Phi) is 5.62. The molecule has 34 heavy (non-hydrogen) atoms. The van der Waals surface area contributed by atoms with Crippen LogP contribution in [0.4, 0.5) is 5.82 Å². The number of anilines is 1. The van der Waals surface area contributed by atoms with Crippen molar-refractivity contribution in [3.05, 3.63) is 76.9 Å². The van der Waals surface area contributed by atoms with Crippen LogP contribution in [0.5, 0.6) is 5.75 Å². The number of aryl methyl sites for hydroxylation is 1. The van der Waals surface area contributed by atoms with Gasteiger partial charge in [0.25, 0.3) is 5.56 Å². The molecule has 9 nitrogen and oxygen atoms in total. The van der Waals surface area contributed by atoms with Crippen LogP contribution in [0.2, 0.25) is 0 Å². The van der Waals surface area contributed by atoms with Gasteiger partial charge < -0.3 is 15.0 Å². The summed E-state index contributed by atoms with van der Waals surface area (Å²) in [6.45, 7) is 2.54. The molecule has 3 aromatic heterocycles. The first-order chi connectivity index (χ1) is 16.7. The van der Waals surface area contributed by atoms with E-state index in [9.17, 15) is 4.79 Å². The number of nitrogens with one attached hydrogen (secondary N) is 2. The van der Waals surface area contributed by atoms with Gasteiger partial charge in [-0.2, -0.15) is 0 Å². The third-order valence-corrected chi connectivity index (χ3v) is 5.43. The SMILES string of the molecule is C#CCOc1cccc(-n2c(CCNc3ncnc4[nH]cnc34)nc3cccc(C)c3c2=O)c1. The van der Waals surface area contributed by atoms with E-state index >= 15 is 0 Å². The summed E-state index contributed by atoms with van der Waals surface area (Å²) in [6, 6.07) is 12.9. The molecule has 0 atom stereocenters. The number of fused-ring (bicyclic) bond motifs is 2. The minimum atomic E-state index is -0.135. The standard InChI is InChI=1S/C25H21N7O2/c1-3-12-34-18-8-5-7-17(13-18)32-20(31-19-9-4-6-16(2)21(19)25(32)33)10-11-26-23-22-24(28-14-27-22)30-15-29-23/h1,4-9,13-15H,10-12H2,2H3,(H2,26,27,28,29,30). The van der Waals surface area contributed by atoms with Crippen LogP contribution in [0, 0.1) is 19.3 Å². The zero-order valence-corrected chi connectivity index (χ0v) is 18.4. The molecule has 0 radical (unpaired) electrons. The van der Waals surface area contributed by atoms with E-state index in [-0.39, 0.29) is 12.2 Å². The van der Waals surface area contributed by atoms with Crippen molar-refractivity contribution in [2.75, 3.05) is 18.5 Å².